The Labute approximate surface area is 148 Å². The standard InChI is InChI=1S/C16H11Cl3N2O2/c1-3-23-16(22)13-8(2)21-15(19)11(7-20)14(13)10-5-4-9(17)6-12(10)18/h4-6H,3H2,1-2H3. The first-order valence-corrected chi connectivity index (χ1v) is 7.76. The van der Waals surface area contributed by atoms with E-state index in [-0.39, 0.29) is 22.9 Å². The highest BCUT2D eigenvalue weighted by Crippen LogP contribution is 2.38. The molecule has 0 aliphatic carbocycles. The number of nitriles is 1. The Morgan fingerprint density at radius 2 is 2.04 bits per heavy atom. The van der Waals surface area contributed by atoms with Crippen molar-refractivity contribution in [3.63, 3.8) is 0 Å². The highest BCUT2D eigenvalue weighted by atomic mass is 35.5. The second kappa shape index (κ2) is 7.18. The van der Waals surface area contributed by atoms with Crippen LogP contribution in [0, 0.1) is 18.3 Å². The Kier molecular flexibility index (Phi) is 5.48. The summed E-state index contributed by atoms with van der Waals surface area (Å²) in [4.78, 5) is 16.4. The molecular formula is C16H11Cl3N2O2. The number of nitrogens with zero attached hydrogens (tertiary/aromatic N) is 2. The van der Waals surface area contributed by atoms with Gasteiger partial charge in [0.2, 0.25) is 0 Å². The third-order valence-electron chi connectivity index (χ3n) is 3.13. The van der Waals surface area contributed by atoms with Crippen LogP contribution in [0.3, 0.4) is 0 Å². The van der Waals surface area contributed by atoms with E-state index in [9.17, 15) is 10.1 Å². The van der Waals surface area contributed by atoms with E-state index in [2.05, 4.69) is 4.98 Å². The zero-order chi connectivity index (χ0) is 17.1. The summed E-state index contributed by atoms with van der Waals surface area (Å²) in [5.74, 6) is -0.591. The lowest BCUT2D eigenvalue weighted by atomic mass is 9.95. The van der Waals surface area contributed by atoms with E-state index in [1.54, 1.807) is 26.0 Å². The van der Waals surface area contributed by atoms with Crippen molar-refractivity contribution in [2.24, 2.45) is 0 Å². The molecule has 0 spiro atoms. The number of aryl methyl sites for hydroxylation is 1. The third kappa shape index (κ3) is 3.42. The fourth-order valence-electron chi connectivity index (χ4n) is 2.18. The van der Waals surface area contributed by atoms with Crippen molar-refractivity contribution in [3.05, 3.63) is 50.2 Å². The van der Waals surface area contributed by atoms with Crippen molar-refractivity contribution in [1.29, 1.82) is 5.26 Å². The third-order valence-corrected chi connectivity index (χ3v) is 3.95. The van der Waals surface area contributed by atoms with Crippen LogP contribution in [0.25, 0.3) is 11.1 Å². The number of aromatic nitrogens is 1. The number of ether oxygens (including phenoxy) is 1. The van der Waals surface area contributed by atoms with Crippen molar-refractivity contribution >= 4 is 40.8 Å². The maximum absolute atomic E-state index is 12.3. The van der Waals surface area contributed by atoms with E-state index in [1.165, 1.54) is 6.07 Å². The molecule has 0 fully saturated rings. The van der Waals surface area contributed by atoms with Gasteiger partial charge in [0, 0.05) is 21.2 Å². The van der Waals surface area contributed by atoms with Crippen LogP contribution < -0.4 is 0 Å². The van der Waals surface area contributed by atoms with Gasteiger partial charge >= 0.3 is 5.97 Å². The average molecular weight is 370 g/mol. The van der Waals surface area contributed by atoms with Crippen molar-refractivity contribution < 1.29 is 9.53 Å². The van der Waals surface area contributed by atoms with Gasteiger partial charge in [-0.1, -0.05) is 40.9 Å². The molecule has 0 aliphatic rings. The van der Waals surface area contributed by atoms with Gasteiger partial charge in [-0.25, -0.2) is 9.78 Å². The number of pyridine rings is 1. The molecule has 2 aromatic rings. The van der Waals surface area contributed by atoms with E-state index >= 15 is 0 Å². The Bertz CT molecular complexity index is 829. The van der Waals surface area contributed by atoms with Gasteiger partial charge in [0.25, 0.3) is 0 Å². The maximum atomic E-state index is 12.3. The Morgan fingerprint density at radius 3 is 2.61 bits per heavy atom. The van der Waals surface area contributed by atoms with Crippen molar-refractivity contribution in [2.75, 3.05) is 6.61 Å². The average Bonchev–Trinajstić information content (AvgIpc) is 2.46. The van der Waals surface area contributed by atoms with E-state index in [0.29, 0.717) is 26.9 Å². The fourth-order valence-corrected chi connectivity index (χ4v) is 2.95. The van der Waals surface area contributed by atoms with Gasteiger partial charge in [-0.05, 0) is 26.0 Å². The van der Waals surface area contributed by atoms with Gasteiger partial charge in [0.05, 0.1) is 23.4 Å². The maximum Gasteiger partial charge on any atom is 0.340 e. The first-order chi connectivity index (χ1) is 10.9. The van der Waals surface area contributed by atoms with Crippen LogP contribution in [0.2, 0.25) is 15.2 Å². The molecular weight excluding hydrogens is 359 g/mol. The molecule has 1 heterocycles. The number of carbonyl (C=O) groups is 1. The zero-order valence-corrected chi connectivity index (χ0v) is 14.6. The predicted molar refractivity (Wildman–Crippen MR) is 90.1 cm³/mol. The Morgan fingerprint density at radius 1 is 1.35 bits per heavy atom. The van der Waals surface area contributed by atoms with Gasteiger partial charge in [-0.2, -0.15) is 5.26 Å². The van der Waals surface area contributed by atoms with Crippen molar-refractivity contribution in [1.82, 2.24) is 4.98 Å². The highest BCUT2D eigenvalue weighted by Gasteiger charge is 2.25. The molecule has 0 bridgehead atoms. The number of benzene rings is 1. The molecule has 0 amide bonds. The molecule has 2 rings (SSSR count). The first kappa shape index (κ1) is 17.6. The normalized spacial score (nSPS) is 10.3. The predicted octanol–water partition coefficient (Wildman–Crippen LogP) is 5.07. The molecule has 23 heavy (non-hydrogen) atoms. The van der Waals surface area contributed by atoms with E-state index in [1.807, 2.05) is 6.07 Å². The van der Waals surface area contributed by atoms with Crippen LogP contribution >= 0.6 is 34.8 Å². The molecule has 0 saturated heterocycles. The lowest BCUT2D eigenvalue weighted by Gasteiger charge is -2.15. The number of hydrogen-bond acceptors (Lipinski definition) is 4. The van der Waals surface area contributed by atoms with E-state index in [4.69, 9.17) is 39.5 Å². The van der Waals surface area contributed by atoms with Crippen molar-refractivity contribution in [2.45, 2.75) is 13.8 Å². The summed E-state index contributed by atoms with van der Waals surface area (Å²) in [6, 6.07) is 6.74. The van der Waals surface area contributed by atoms with Crippen LogP contribution in [-0.4, -0.2) is 17.6 Å². The molecule has 0 unspecified atom stereocenters. The quantitative estimate of drug-likeness (QED) is 0.560. The molecule has 118 valence electrons. The number of halogens is 3. The van der Waals surface area contributed by atoms with Crippen molar-refractivity contribution in [3.8, 4) is 17.2 Å². The SMILES string of the molecule is CCOC(=O)c1c(C)nc(Cl)c(C#N)c1-c1ccc(Cl)cc1Cl. The summed E-state index contributed by atoms with van der Waals surface area (Å²) in [6.45, 7) is 3.50. The van der Waals surface area contributed by atoms with Crippen LogP contribution in [0.5, 0.6) is 0 Å². The van der Waals surface area contributed by atoms with Crippen LogP contribution in [-0.2, 0) is 4.74 Å². The van der Waals surface area contributed by atoms with Gasteiger partial charge in [-0.15, -0.1) is 0 Å². The highest BCUT2D eigenvalue weighted by molar-refractivity contribution is 6.37. The molecule has 4 nitrogen and oxygen atoms in total. The van der Waals surface area contributed by atoms with Gasteiger partial charge < -0.3 is 4.74 Å². The number of esters is 1. The van der Waals surface area contributed by atoms with Crippen LogP contribution in [0.1, 0.15) is 28.5 Å². The molecule has 1 aromatic carbocycles. The number of rotatable bonds is 3. The largest absolute Gasteiger partial charge is 0.462 e. The van der Waals surface area contributed by atoms with Gasteiger partial charge in [0.15, 0.2) is 0 Å². The lowest BCUT2D eigenvalue weighted by Crippen LogP contribution is -2.12. The van der Waals surface area contributed by atoms with Crippen LogP contribution in [0.15, 0.2) is 18.2 Å². The first-order valence-electron chi connectivity index (χ1n) is 6.63. The molecule has 7 heteroatoms. The molecule has 0 saturated carbocycles. The fraction of sp³-hybridized carbons (Fsp3) is 0.188. The summed E-state index contributed by atoms with van der Waals surface area (Å²) >= 11 is 18.2. The second-order valence-electron chi connectivity index (χ2n) is 4.57. The molecule has 1 aromatic heterocycles. The summed E-state index contributed by atoms with van der Waals surface area (Å²) in [6.07, 6.45) is 0. The minimum absolute atomic E-state index is 0.000866. The molecule has 0 radical (unpaired) electrons. The monoisotopic (exact) mass is 368 g/mol. The summed E-state index contributed by atoms with van der Waals surface area (Å²) in [5, 5.41) is 10.2. The number of hydrogen-bond donors (Lipinski definition) is 0. The second-order valence-corrected chi connectivity index (χ2v) is 5.77. The summed E-state index contributed by atoms with van der Waals surface area (Å²) in [5.41, 5.74) is 1.34. The minimum Gasteiger partial charge on any atom is -0.462 e. The van der Waals surface area contributed by atoms with Crippen LogP contribution in [0.4, 0.5) is 0 Å². The van der Waals surface area contributed by atoms with Gasteiger partial charge in [-0.3, -0.25) is 0 Å². The molecule has 0 aliphatic heterocycles. The number of carbonyl (C=O) groups excluding carboxylic acids is 1. The molecule has 0 atom stereocenters. The van der Waals surface area contributed by atoms with E-state index < -0.39 is 5.97 Å². The minimum atomic E-state index is -0.591. The lowest BCUT2D eigenvalue weighted by molar-refractivity contribution is 0.0526. The Hall–Kier alpha value is -1.80. The molecule has 0 N–H and O–H groups in total. The summed E-state index contributed by atoms with van der Waals surface area (Å²) in [7, 11) is 0. The summed E-state index contributed by atoms with van der Waals surface area (Å²) < 4.78 is 5.07. The Balaban J connectivity index is 2.88. The van der Waals surface area contributed by atoms with E-state index in [0.717, 1.165) is 0 Å². The smallest absolute Gasteiger partial charge is 0.340 e. The topological polar surface area (TPSA) is 63.0 Å². The van der Waals surface area contributed by atoms with Gasteiger partial charge in [0.1, 0.15) is 11.2 Å². The zero-order valence-electron chi connectivity index (χ0n) is 12.3.